The summed E-state index contributed by atoms with van der Waals surface area (Å²) in [6, 6.07) is 0.587. The topological polar surface area (TPSA) is 24.5 Å². The van der Waals surface area contributed by atoms with Crippen molar-refractivity contribution in [1.29, 1.82) is 0 Å². The summed E-state index contributed by atoms with van der Waals surface area (Å²) in [5.41, 5.74) is 0. The summed E-state index contributed by atoms with van der Waals surface area (Å²) in [6.45, 7) is 8.59. The Labute approximate surface area is 94.2 Å². The lowest BCUT2D eigenvalue weighted by atomic mass is 10.1. The van der Waals surface area contributed by atoms with Crippen LogP contribution in [0.15, 0.2) is 0 Å². The smallest absolute Gasteiger partial charge is 0.0701 e. The third kappa shape index (κ3) is 6.13. The van der Waals surface area contributed by atoms with Crippen LogP contribution in [0.5, 0.6) is 0 Å². The molecule has 0 radical (unpaired) electrons. The first-order valence-electron chi connectivity index (χ1n) is 6.22. The first-order chi connectivity index (χ1) is 7.18. The first kappa shape index (κ1) is 12.9. The molecule has 1 rings (SSSR count). The van der Waals surface area contributed by atoms with Gasteiger partial charge in [0.2, 0.25) is 0 Å². The van der Waals surface area contributed by atoms with Gasteiger partial charge in [0.25, 0.3) is 0 Å². The van der Waals surface area contributed by atoms with Crippen LogP contribution in [0.3, 0.4) is 0 Å². The zero-order chi connectivity index (χ0) is 11.1. The number of ether oxygens (including phenoxy) is 1. The average Bonchev–Trinajstić information content (AvgIpc) is 2.18. The molecular formula is C12H26N2O. The molecule has 1 aliphatic rings. The van der Waals surface area contributed by atoms with Gasteiger partial charge in [0, 0.05) is 32.3 Å². The number of hydrogen-bond donors (Lipinski definition) is 1. The molecule has 1 saturated heterocycles. The molecule has 1 atom stereocenters. The molecule has 0 bridgehead atoms. The fourth-order valence-electron chi connectivity index (χ4n) is 1.93. The average molecular weight is 214 g/mol. The van der Waals surface area contributed by atoms with E-state index in [0.29, 0.717) is 12.1 Å². The lowest BCUT2D eigenvalue weighted by Gasteiger charge is -2.27. The van der Waals surface area contributed by atoms with E-state index in [9.17, 15) is 0 Å². The Hall–Kier alpha value is -0.120. The molecule has 0 aliphatic carbocycles. The Morgan fingerprint density at radius 3 is 2.80 bits per heavy atom. The van der Waals surface area contributed by atoms with Crippen LogP contribution in [0.25, 0.3) is 0 Å². The molecule has 0 aromatic carbocycles. The van der Waals surface area contributed by atoms with Gasteiger partial charge in [0.05, 0.1) is 6.10 Å². The monoisotopic (exact) mass is 214 g/mol. The second-order valence-electron chi connectivity index (χ2n) is 4.86. The van der Waals surface area contributed by atoms with E-state index in [0.717, 1.165) is 26.2 Å². The summed E-state index contributed by atoms with van der Waals surface area (Å²) in [6.07, 6.45) is 4.29. The van der Waals surface area contributed by atoms with Crippen molar-refractivity contribution in [3.8, 4) is 0 Å². The van der Waals surface area contributed by atoms with Crippen molar-refractivity contribution in [2.75, 3.05) is 33.3 Å². The van der Waals surface area contributed by atoms with E-state index in [-0.39, 0.29) is 0 Å². The van der Waals surface area contributed by atoms with Gasteiger partial charge in [-0.05, 0) is 26.3 Å². The standard InChI is InChI=1S/C12H26N2O/c1-11(2)13-7-8-14(3)10-12-6-4-5-9-15-12/h11-13H,4-10H2,1-3H3. The highest BCUT2D eigenvalue weighted by Crippen LogP contribution is 2.12. The molecule has 90 valence electrons. The van der Waals surface area contributed by atoms with E-state index in [1.165, 1.54) is 19.3 Å². The van der Waals surface area contributed by atoms with Crippen molar-refractivity contribution >= 4 is 0 Å². The van der Waals surface area contributed by atoms with Crippen molar-refractivity contribution in [2.24, 2.45) is 0 Å². The Kier molecular flexibility index (Phi) is 6.22. The third-order valence-corrected chi connectivity index (χ3v) is 2.84. The van der Waals surface area contributed by atoms with Gasteiger partial charge >= 0.3 is 0 Å². The molecule has 1 aliphatic heterocycles. The summed E-state index contributed by atoms with van der Waals surface area (Å²) in [4.78, 5) is 2.37. The van der Waals surface area contributed by atoms with Gasteiger partial charge in [-0.2, -0.15) is 0 Å². The number of nitrogens with zero attached hydrogens (tertiary/aromatic N) is 1. The minimum absolute atomic E-state index is 0.475. The van der Waals surface area contributed by atoms with Crippen LogP contribution < -0.4 is 5.32 Å². The summed E-state index contributed by atoms with van der Waals surface area (Å²) in [5, 5.41) is 3.43. The van der Waals surface area contributed by atoms with Crippen molar-refractivity contribution in [2.45, 2.75) is 45.3 Å². The number of likely N-dealkylation sites (N-methyl/N-ethyl adjacent to an activating group) is 1. The third-order valence-electron chi connectivity index (χ3n) is 2.84. The van der Waals surface area contributed by atoms with Gasteiger partial charge in [0.15, 0.2) is 0 Å². The number of nitrogens with one attached hydrogen (secondary N) is 1. The van der Waals surface area contributed by atoms with Crippen molar-refractivity contribution < 1.29 is 4.74 Å². The summed E-state index contributed by atoms with van der Waals surface area (Å²) < 4.78 is 5.71. The highest BCUT2D eigenvalue weighted by atomic mass is 16.5. The van der Waals surface area contributed by atoms with E-state index in [2.05, 4.69) is 31.1 Å². The highest BCUT2D eigenvalue weighted by Gasteiger charge is 2.15. The molecule has 1 unspecified atom stereocenters. The Morgan fingerprint density at radius 2 is 2.20 bits per heavy atom. The zero-order valence-corrected chi connectivity index (χ0v) is 10.5. The maximum atomic E-state index is 5.71. The van der Waals surface area contributed by atoms with E-state index in [1.807, 2.05) is 0 Å². The maximum absolute atomic E-state index is 5.71. The maximum Gasteiger partial charge on any atom is 0.0701 e. The van der Waals surface area contributed by atoms with Gasteiger partial charge in [-0.25, -0.2) is 0 Å². The van der Waals surface area contributed by atoms with Crippen molar-refractivity contribution in [1.82, 2.24) is 10.2 Å². The molecule has 0 saturated carbocycles. The second kappa shape index (κ2) is 7.20. The lowest BCUT2D eigenvalue weighted by molar-refractivity contribution is -0.00126. The van der Waals surface area contributed by atoms with Gasteiger partial charge < -0.3 is 15.0 Å². The van der Waals surface area contributed by atoms with Crippen molar-refractivity contribution in [3.63, 3.8) is 0 Å². The molecule has 0 spiro atoms. The molecule has 3 nitrogen and oxygen atoms in total. The predicted octanol–water partition coefficient (Wildman–Crippen LogP) is 1.49. The van der Waals surface area contributed by atoms with Gasteiger partial charge in [-0.15, -0.1) is 0 Å². The normalized spacial score (nSPS) is 22.6. The molecule has 3 heteroatoms. The van der Waals surface area contributed by atoms with Crippen LogP contribution in [0.2, 0.25) is 0 Å². The van der Waals surface area contributed by atoms with Crippen LogP contribution >= 0.6 is 0 Å². The molecule has 1 heterocycles. The SMILES string of the molecule is CC(C)NCCN(C)CC1CCCCO1. The summed E-state index contributed by atoms with van der Waals surface area (Å²) in [7, 11) is 2.18. The van der Waals surface area contributed by atoms with Crippen LogP contribution in [0.4, 0.5) is 0 Å². The molecule has 0 aromatic heterocycles. The molecule has 15 heavy (non-hydrogen) atoms. The largest absolute Gasteiger partial charge is 0.377 e. The van der Waals surface area contributed by atoms with E-state index in [1.54, 1.807) is 0 Å². The predicted molar refractivity (Wildman–Crippen MR) is 64.2 cm³/mol. The van der Waals surface area contributed by atoms with Crippen LogP contribution in [-0.2, 0) is 4.74 Å². The number of rotatable bonds is 6. The highest BCUT2D eigenvalue weighted by molar-refractivity contribution is 4.68. The summed E-state index contributed by atoms with van der Waals surface area (Å²) >= 11 is 0. The fraction of sp³-hybridized carbons (Fsp3) is 1.00. The summed E-state index contributed by atoms with van der Waals surface area (Å²) in [5.74, 6) is 0. The van der Waals surface area contributed by atoms with Crippen LogP contribution in [0, 0.1) is 0 Å². The fourth-order valence-corrected chi connectivity index (χ4v) is 1.93. The van der Waals surface area contributed by atoms with Gasteiger partial charge in [-0.1, -0.05) is 13.8 Å². The molecule has 0 aromatic rings. The Bertz CT molecular complexity index is 156. The lowest BCUT2D eigenvalue weighted by Crippen LogP contribution is -2.38. The van der Waals surface area contributed by atoms with Gasteiger partial charge in [0.1, 0.15) is 0 Å². The van der Waals surface area contributed by atoms with E-state index in [4.69, 9.17) is 4.74 Å². The van der Waals surface area contributed by atoms with E-state index >= 15 is 0 Å². The van der Waals surface area contributed by atoms with Crippen LogP contribution in [-0.4, -0.2) is 50.3 Å². The molecule has 1 fully saturated rings. The van der Waals surface area contributed by atoms with Gasteiger partial charge in [-0.3, -0.25) is 0 Å². The van der Waals surface area contributed by atoms with Crippen LogP contribution in [0.1, 0.15) is 33.1 Å². The Balaban J connectivity index is 2.03. The van der Waals surface area contributed by atoms with E-state index < -0.39 is 0 Å². The number of hydrogen-bond acceptors (Lipinski definition) is 3. The molecule has 0 amide bonds. The second-order valence-corrected chi connectivity index (χ2v) is 4.86. The first-order valence-corrected chi connectivity index (χ1v) is 6.22. The molecular weight excluding hydrogens is 188 g/mol. The van der Waals surface area contributed by atoms with Crippen molar-refractivity contribution in [3.05, 3.63) is 0 Å². The molecule has 1 N–H and O–H groups in total. The quantitative estimate of drug-likeness (QED) is 0.725. The minimum Gasteiger partial charge on any atom is -0.377 e. The Morgan fingerprint density at radius 1 is 1.40 bits per heavy atom. The minimum atomic E-state index is 0.475. The zero-order valence-electron chi connectivity index (χ0n) is 10.5.